The molecule has 112 valence electrons. The second-order valence-corrected chi connectivity index (χ2v) is 5.34. The molecular weight excluding hydrogens is 350 g/mol. The SMILES string of the molecule is Cc1ccccc1C(=O)N/N=C\c1ccc(Br)c([N+](=O)[O-])c1. The van der Waals surface area contributed by atoms with Crippen molar-refractivity contribution in [2.24, 2.45) is 5.10 Å². The number of nitro groups is 1. The number of benzene rings is 2. The maximum atomic E-state index is 11.9. The number of nitrogens with one attached hydrogen (secondary N) is 1. The summed E-state index contributed by atoms with van der Waals surface area (Å²) in [6, 6.07) is 11.7. The molecule has 2 rings (SSSR count). The summed E-state index contributed by atoms with van der Waals surface area (Å²) < 4.78 is 0.388. The van der Waals surface area contributed by atoms with E-state index in [1.807, 2.05) is 19.1 Å². The molecule has 2 aromatic carbocycles. The molecule has 0 bridgehead atoms. The second-order valence-electron chi connectivity index (χ2n) is 4.48. The maximum Gasteiger partial charge on any atom is 0.284 e. The Labute approximate surface area is 135 Å². The van der Waals surface area contributed by atoms with Gasteiger partial charge in [0.1, 0.15) is 0 Å². The van der Waals surface area contributed by atoms with Crippen LogP contribution in [0.25, 0.3) is 0 Å². The topological polar surface area (TPSA) is 84.6 Å². The van der Waals surface area contributed by atoms with Crippen molar-refractivity contribution < 1.29 is 9.72 Å². The molecule has 0 fully saturated rings. The monoisotopic (exact) mass is 361 g/mol. The van der Waals surface area contributed by atoms with Crippen LogP contribution in [0.4, 0.5) is 5.69 Å². The van der Waals surface area contributed by atoms with Crippen LogP contribution in [0.3, 0.4) is 0 Å². The van der Waals surface area contributed by atoms with E-state index < -0.39 is 4.92 Å². The molecule has 0 aliphatic heterocycles. The number of carbonyl (C=O) groups is 1. The Bertz CT molecular complexity index is 759. The Morgan fingerprint density at radius 2 is 2.05 bits per heavy atom. The molecule has 1 amide bonds. The first-order valence-electron chi connectivity index (χ1n) is 6.32. The lowest BCUT2D eigenvalue weighted by Gasteiger charge is -2.03. The highest BCUT2D eigenvalue weighted by molar-refractivity contribution is 9.10. The third kappa shape index (κ3) is 3.76. The van der Waals surface area contributed by atoms with E-state index in [1.165, 1.54) is 12.3 Å². The first-order chi connectivity index (χ1) is 10.5. The van der Waals surface area contributed by atoms with Gasteiger partial charge in [-0.25, -0.2) is 5.43 Å². The number of rotatable bonds is 4. The molecule has 0 aliphatic carbocycles. The number of nitro benzene ring substituents is 1. The number of hydrogen-bond acceptors (Lipinski definition) is 4. The van der Waals surface area contributed by atoms with Crippen LogP contribution in [0.15, 0.2) is 52.0 Å². The number of hydrogen-bond donors (Lipinski definition) is 1. The van der Waals surface area contributed by atoms with Crippen LogP contribution in [-0.2, 0) is 0 Å². The maximum absolute atomic E-state index is 11.9. The van der Waals surface area contributed by atoms with Crippen molar-refractivity contribution in [3.63, 3.8) is 0 Å². The smallest absolute Gasteiger partial charge is 0.267 e. The van der Waals surface area contributed by atoms with Gasteiger partial charge in [0.2, 0.25) is 0 Å². The Kier molecular flexibility index (Phi) is 5.00. The molecule has 7 heteroatoms. The van der Waals surface area contributed by atoms with Gasteiger partial charge >= 0.3 is 0 Å². The minimum absolute atomic E-state index is 0.0609. The Morgan fingerprint density at radius 3 is 2.73 bits per heavy atom. The van der Waals surface area contributed by atoms with Gasteiger partial charge in [0.25, 0.3) is 11.6 Å². The van der Waals surface area contributed by atoms with Gasteiger partial charge in [-0.15, -0.1) is 0 Å². The van der Waals surface area contributed by atoms with Gasteiger partial charge in [-0.2, -0.15) is 5.10 Å². The third-order valence-electron chi connectivity index (χ3n) is 2.94. The standard InChI is InChI=1S/C15H12BrN3O3/c1-10-4-2-3-5-12(10)15(20)18-17-9-11-6-7-13(16)14(8-11)19(21)22/h2-9H,1H3,(H,18,20)/b17-9-. The van der Waals surface area contributed by atoms with Crippen LogP contribution in [0, 0.1) is 17.0 Å². The third-order valence-corrected chi connectivity index (χ3v) is 3.61. The zero-order chi connectivity index (χ0) is 16.1. The van der Waals surface area contributed by atoms with E-state index >= 15 is 0 Å². The molecule has 2 aromatic rings. The summed E-state index contributed by atoms with van der Waals surface area (Å²) in [7, 11) is 0. The summed E-state index contributed by atoms with van der Waals surface area (Å²) in [6.07, 6.45) is 1.36. The molecule has 0 aliphatic rings. The molecule has 0 spiro atoms. The van der Waals surface area contributed by atoms with Crippen LogP contribution in [0.5, 0.6) is 0 Å². The van der Waals surface area contributed by atoms with Crippen molar-refractivity contribution in [2.75, 3.05) is 0 Å². The molecule has 1 N–H and O–H groups in total. The molecule has 0 heterocycles. The van der Waals surface area contributed by atoms with E-state index in [2.05, 4.69) is 26.5 Å². The highest BCUT2D eigenvalue weighted by atomic mass is 79.9. The number of hydrazone groups is 1. The fourth-order valence-corrected chi connectivity index (χ4v) is 2.19. The first-order valence-corrected chi connectivity index (χ1v) is 7.11. The van der Waals surface area contributed by atoms with Gasteiger partial charge < -0.3 is 0 Å². The molecule has 22 heavy (non-hydrogen) atoms. The Hall–Kier alpha value is -2.54. The quantitative estimate of drug-likeness (QED) is 0.514. The minimum Gasteiger partial charge on any atom is -0.267 e. The van der Waals surface area contributed by atoms with Crippen molar-refractivity contribution in [2.45, 2.75) is 6.92 Å². The van der Waals surface area contributed by atoms with Crippen LogP contribution < -0.4 is 5.43 Å². The summed E-state index contributed by atoms with van der Waals surface area (Å²) in [5.74, 6) is -0.332. The van der Waals surface area contributed by atoms with Crippen molar-refractivity contribution >= 4 is 33.7 Å². The lowest BCUT2D eigenvalue weighted by molar-refractivity contribution is -0.385. The Morgan fingerprint density at radius 1 is 1.32 bits per heavy atom. The van der Waals surface area contributed by atoms with Crippen LogP contribution in [0.1, 0.15) is 21.5 Å². The predicted molar refractivity (Wildman–Crippen MR) is 87.0 cm³/mol. The molecule has 0 atom stereocenters. The molecule has 0 aromatic heterocycles. The van der Waals surface area contributed by atoms with Gasteiger partial charge in [-0.1, -0.05) is 24.3 Å². The fraction of sp³-hybridized carbons (Fsp3) is 0.0667. The number of amides is 1. The van der Waals surface area contributed by atoms with E-state index in [4.69, 9.17) is 0 Å². The first kappa shape index (κ1) is 15.8. The Balaban J connectivity index is 2.10. The second kappa shape index (κ2) is 6.95. The molecule has 0 saturated carbocycles. The van der Waals surface area contributed by atoms with Crippen molar-refractivity contribution in [1.29, 1.82) is 0 Å². The highest BCUT2D eigenvalue weighted by Crippen LogP contribution is 2.24. The highest BCUT2D eigenvalue weighted by Gasteiger charge is 2.11. The minimum atomic E-state index is -0.493. The lowest BCUT2D eigenvalue weighted by Crippen LogP contribution is -2.18. The summed E-state index contributed by atoms with van der Waals surface area (Å²) in [4.78, 5) is 22.3. The van der Waals surface area contributed by atoms with E-state index in [0.717, 1.165) is 5.56 Å². The lowest BCUT2D eigenvalue weighted by atomic mass is 10.1. The van der Waals surface area contributed by atoms with Crippen LogP contribution >= 0.6 is 15.9 Å². The summed E-state index contributed by atoms with van der Waals surface area (Å²) in [6.45, 7) is 1.83. The van der Waals surface area contributed by atoms with E-state index in [0.29, 0.717) is 15.6 Å². The number of carbonyl (C=O) groups excluding carboxylic acids is 1. The van der Waals surface area contributed by atoms with E-state index in [1.54, 1.807) is 24.3 Å². The van der Waals surface area contributed by atoms with Crippen molar-refractivity contribution in [1.82, 2.24) is 5.43 Å². The summed E-state index contributed by atoms with van der Waals surface area (Å²) in [5.41, 5.74) is 4.22. The van der Waals surface area contributed by atoms with Crippen LogP contribution in [0.2, 0.25) is 0 Å². The van der Waals surface area contributed by atoms with Gasteiger partial charge in [0.15, 0.2) is 0 Å². The summed E-state index contributed by atoms with van der Waals surface area (Å²) >= 11 is 3.11. The average Bonchev–Trinajstić information content (AvgIpc) is 2.49. The zero-order valence-electron chi connectivity index (χ0n) is 11.6. The average molecular weight is 362 g/mol. The van der Waals surface area contributed by atoms with Crippen molar-refractivity contribution in [3.05, 3.63) is 73.7 Å². The van der Waals surface area contributed by atoms with Crippen LogP contribution in [-0.4, -0.2) is 17.0 Å². The largest absolute Gasteiger partial charge is 0.284 e. The van der Waals surface area contributed by atoms with E-state index in [-0.39, 0.29) is 11.6 Å². The molecular formula is C15H12BrN3O3. The van der Waals surface area contributed by atoms with E-state index in [9.17, 15) is 14.9 Å². The number of nitrogens with zero attached hydrogens (tertiary/aromatic N) is 2. The molecule has 0 unspecified atom stereocenters. The predicted octanol–water partition coefficient (Wildman–Crippen LogP) is 3.43. The van der Waals surface area contributed by atoms with Gasteiger partial charge in [-0.05, 0) is 40.5 Å². The number of aryl methyl sites for hydroxylation is 1. The molecule has 0 saturated heterocycles. The van der Waals surface area contributed by atoms with Gasteiger partial charge in [0.05, 0.1) is 15.6 Å². The molecule has 0 radical (unpaired) electrons. The van der Waals surface area contributed by atoms with Gasteiger partial charge in [-0.3, -0.25) is 14.9 Å². The number of halogens is 1. The zero-order valence-corrected chi connectivity index (χ0v) is 13.2. The van der Waals surface area contributed by atoms with Crippen molar-refractivity contribution in [3.8, 4) is 0 Å². The molecule has 6 nitrogen and oxygen atoms in total. The van der Waals surface area contributed by atoms with Gasteiger partial charge in [0, 0.05) is 17.2 Å². The fourth-order valence-electron chi connectivity index (χ4n) is 1.80. The normalized spacial score (nSPS) is 10.6. The summed E-state index contributed by atoms with van der Waals surface area (Å²) in [5, 5.41) is 14.7.